The lowest BCUT2D eigenvalue weighted by atomic mass is 9.72. The maximum atomic E-state index is 11.5. The Morgan fingerprint density at radius 1 is 1.17 bits per heavy atom. The van der Waals surface area contributed by atoms with Crippen LogP contribution in [0.2, 0.25) is 0 Å². The number of hydrogen-bond donors (Lipinski definition) is 5. The van der Waals surface area contributed by atoms with Gasteiger partial charge in [-0.3, -0.25) is 9.79 Å². The van der Waals surface area contributed by atoms with Crippen LogP contribution in [0.1, 0.15) is 44.9 Å². The standard InChI is InChI=1S/C20H33NO8/c22-18(29-27)13-21(14-20(24,25)26)11-12-28-15-19(23,16-7-3-1-4-8-16)17-9-5-2-6-10-17/h1,3,7,17,23-27H,2,4-6,8-15H2. The normalized spacial score (nSPS) is 20.4. The van der Waals surface area contributed by atoms with E-state index in [1.54, 1.807) is 0 Å². The van der Waals surface area contributed by atoms with E-state index in [9.17, 15) is 9.90 Å². The van der Waals surface area contributed by atoms with Crippen LogP contribution >= 0.6 is 0 Å². The molecular weight excluding hydrogens is 382 g/mol. The number of carbonyl (C=O) groups is 1. The first-order valence-corrected chi connectivity index (χ1v) is 10.1. The molecule has 0 spiro atoms. The Hall–Kier alpha value is -1.33. The van der Waals surface area contributed by atoms with Crippen molar-refractivity contribution >= 4 is 5.97 Å². The first-order chi connectivity index (χ1) is 13.7. The van der Waals surface area contributed by atoms with Crippen molar-refractivity contribution in [3.63, 3.8) is 0 Å². The van der Waals surface area contributed by atoms with Gasteiger partial charge in [-0.1, -0.05) is 37.5 Å². The van der Waals surface area contributed by atoms with E-state index >= 15 is 0 Å². The van der Waals surface area contributed by atoms with Crippen LogP contribution in [0, 0.1) is 5.92 Å². The molecule has 0 aliphatic heterocycles. The highest BCUT2D eigenvalue weighted by Crippen LogP contribution is 2.39. The van der Waals surface area contributed by atoms with E-state index in [0.717, 1.165) is 44.1 Å². The SMILES string of the molecule is O=C(CN(CCOCC(O)(C1=CC=CCC1)C1CCCCC1)CC(O)(O)O)OO. The molecule has 166 valence electrons. The minimum absolute atomic E-state index is 0.0538. The second-order valence-electron chi connectivity index (χ2n) is 7.92. The molecule has 0 radical (unpaired) electrons. The zero-order valence-electron chi connectivity index (χ0n) is 16.7. The van der Waals surface area contributed by atoms with Gasteiger partial charge >= 0.3 is 5.97 Å². The molecule has 0 aromatic rings. The smallest absolute Gasteiger partial charge is 0.355 e. The molecule has 1 saturated carbocycles. The molecule has 0 heterocycles. The van der Waals surface area contributed by atoms with Crippen molar-refractivity contribution in [2.75, 3.05) is 32.8 Å². The minimum atomic E-state index is -3.00. The van der Waals surface area contributed by atoms with Gasteiger partial charge in [-0.05, 0) is 37.2 Å². The third kappa shape index (κ3) is 7.78. The summed E-state index contributed by atoms with van der Waals surface area (Å²) in [4.78, 5) is 16.0. The molecule has 2 aliphatic carbocycles. The average molecular weight is 415 g/mol. The zero-order valence-corrected chi connectivity index (χ0v) is 16.7. The Labute approximate surface area is 170 Å². The topological polar surface area (TPSA) is 140 Å². The van der Waals surface area contributed by atoms with Crippen molar-refractivity contribution in [3.8, 4) is 0 Å². The third-order valence-electron chi connectivity index (χ3n) is 5.61. The van der Waals surface area contributed by atoms with E-state index in [-0.39, 0.29) is 25.7 Å². The van der Waals surface area contributed by atoms with Crippen LogP contribution in [-0.4, -0.2) is 81.0 Å². The van der Waals surface area contributed by atoms with E-state index in [1.807, 2.05) is 12.2 Å². The Kier molecular flexibility index (Phi) is 9.22. The van der Waals surface area contributed by atoms with Crippen molar-refractivity contribution < 1.29 is 40.1 Å². The molecule has 1 fully saturated rings. The molecule has 0 bridgehead atoms. The van der Waals surface area contributed by atoms with Gasteiger partial charge in [0, 0.05) is 6.54 Å². The van der Waals surface area contributed by atoms with Crippen molar-refractivity contribution in [1.29, 1.82) is 0 Å². The molecule has 9 nitrogen and oxygen atoms in total. The fraction of sp³-hybridized carbons (Fsp3) is 0.750. The van der Waals surface area contributed by atoms with Gasteiger partial charge in [0.1, 0.15) is 12.1 Å². The summed E-state index contributed by atoms with van der Waals surface area (Å²) >= 11 is 0. The van der Waals surface area contributed by atoms with Gasteiger partial charge in [0.05, 0.1) is 19.8 Å². The number of nitrogens with zero attached hydrogens (tertiary/aromatic N) is 1. The molecule has 2 rings (SSSR count). The predicted octanol–water partition coefficient (Wildman–Crippen LogP) is 0.540. The van der Waals surface area contributed by atoms with Gasteiger partial charge in [0.15, 0.2) is 0 Å². The zero-order chi connectivity index (χ0) is 21.3. The molecule has 29 heavy (non-hydrogen) atoms. The molecule has 1 unspecified atom stereocenters. The van der Waals surface area contributed by atoms with Crippen molar-refractivity contribution in [2.45, 2.75) is 56.5 Å². The molecule has 0 amide bonds. The number of ether oxygens (including phenoxy) is 1. The maximum absolute atomic E-state index is 11.5. The van der Waals surface area contributed by atoms with Crippen LogP contribution in [0.5, 0.6) is 0 Å². The lowest BCUT2D eigenvalue weighted by molar-refractivity contribution is -0.317. The van der Waals surface area contributed by atoms with E-state index in [2.05, 4.69) is 11.0 Å². The summed E-state index contributed by atoms with van der Waals surface area (Å²) < 4.78 is 5.75. The lowest BCUT2D eigenvalue weighted by Gasteiger charge is -2.41. The highest BCUT2D eigenvalue weighted by atomic mass is 17.1. The summed E-state index contributed by atoms with van der Waals surface area (Å²) in [6.45, 7) is -0.899. The second kappa shape index (κ2) is 11.2. The van der Waals surface area contributed by atoms with E-state index in [0.29, 0.717) is 0 Å². The first-order valence-electron chi connectivity index (χ1n) is 10.1. The fourth-order valence-electron chi connectivity index (χ4n) is 4.16. The minimum Gasteiger partial charge on any atom is -0.383 e. The highest BCUT2D eigenvalue weighted by Gasteiger charge is 2.40. The highest BCUT2D eigenvalue weighted by molar-refractivity contribution is 5.70. The monoisotopic (exact) mass is 415 g/mol. The van der Waals surface area contributed by atoms with Crippen LogP contribution in [0.15, 0.2) is 23.8 Å². The summed E-state index contributed by atoms with van der Waals surface area (Å²) in [6.07, 6.45) is 12.9. The van der Waals surface area contributed by atoms with Crippen LogP contribution in [0.3, 0.4) is 0 Å². The summed E-state index contributed by atoms with van der Waals surface area (Å²) in [5, 5.41) is 47.4. The van der Waals surface area contributed by atoms with Gasteiger partial charge in [-0.25, -0.2) is 4.79 Å². The molecular formula is C20H33NO8. The van der Waals surface area contributed by atoms with Gasteiger partial charge in [0.25, 0.3) is 5.97 Å². The number of rotatable bonds is 11. The van der Waals surface area contributed by atoms with Crippen molar-refractivity contribution in [2.24, 2.45) is 5.92 Å². The van der Waals surface area contributed by atoms with E-state index in [1.165, 1.54) is 11.3 Å². The van der Waals surface area contributed by atoms with Crippen LogP contribution in [0.4, 0.5) is 0 Å². The molecule has 0 saturated heterocycles. The van der Waals surface area contributed by atoms with E-state index in [4.69, 9.17) is 25.3 Å². The first kappa shape index (κ1) is 23.9. The molecule has 5 N–H and O–H groups in total. The largest absolute Gasteiger partial charge is 0.383 e. The average Bonchev–Trinajstić information content (AvgIpc) is 2.71. The van der Waals surface area contributed by atoms with Crippen molar-refractivity contribution in [3.05, 3.63) is 23.8 Å². The molecule has 1 atom stereocenters. The Morgan fingerprint density at radius 2 is 1.90 bits per heavy atom. The summed E-state index contributed by atoms with van der Waals surface area (Å²) in [5.41, 5.74) is -0.0953. The Bertz CT molecular complexity index is 580. The molecule has 9 heteroatoms. The van der Waals surface area contributed by atoms with Crippen molar-refractivity contribution in [1.82, 2.24) is 4.90 Å². The van der Waals surface area contributed by atoms with Crippen LogP contribution in [-0.2, 0) is 14.4 Å². The van der Waals surface area contributed by atoms with Gasteiger partial charge in [-0.2, -0.15) is 5.26 Å². The molecule has 2 aliphatic rings. The Balaban J connectivity index is 1.96. The summed E-state index contributed by atoms with van der Waals surface area (Å²) in [5.74, 6) is -3.89. The third-order valence-corrected chi connectivity index (χ3v) is 5.61. The van der Waals surface area contributed by atoms with Crippen LogP contribution < -0.4 is 0 Å². The lowest BCUT2D eigenvalue weighted by Crippen LogP contribution is -2.48. The van der Waals surface area contributed by atoms with Crippen LogP contribution in [0.25, 0.3) is 0 Å². The fourth-order valence-corrected chi connectivity index (χ4v) is 4.16. The maximum Gasteiger partial charge on any atom is 0.355 e. The summed E-state index contributed by atoms with van der Waals surface area (Å²) in [7, 11) is 0. The number of allylic oxidation sites excluding steroid dienone is 3. The predicted molar refractivity (Wildman–Crippen MR) is 103 cm³/mol. The number of aliphatic hydroxyl groups is 4. The van der Waals surface area contributed by atoms with Gasteiger partial charge in [0.2, 0.25) is 0 Å². The van der Waals surface area contributed by atoms with Gasteiger partial charge < -0.3 is 25.2 Å². The van der Waals surface area contributed by atoms with Gasteiger partial charge in [-0.15, -0.1) is 0 Å². The quantitative estimate of drug-likeness (QED) is 0.142. The Morgan fingerprint density at radius 3 is 2.48 bits per heavy atom. The number of hydrogen-bond acceptors (Lipinski definition) is 9. The molecule has 0 aromatic carbocycles. The molecule has 0 aromatic heterocycles. The second-order valence-corrected chi connectivity index (χ2v) is 7.92. The summed E-state index contributed by atoms with van der Waals surface area (Å²) in [6, 6.07) is 0. The number of carbonyl (C=O) groups excluding carboxylic acids is 1. The van der Waals surface area contributed by atoms with E-state index < -0.39 is 30.6 Å².